The van der Waals surface area contributed by atoms with Gasteiger partial charge in [-0.15, -0.1) is 0 Å². The molecule has 8 heteroatoms. The molecule has 7 nitrogen and oxygen atoms in total. The second-order valence-corrected chi connectivity index (χ2v) is 6.21. The number of ether oxygens (including phenoxy) is 1. The Balaban J connectivity index is 2.46. The Morgan fingerprint density at radius 2 is 2.15 bits per heavy atom. The molecule has 0 aliphatic heterocycles. The molecule has 4 N–H and O–H groups in total. The number of hydrazine groups is 1. The van der Waals surface area contributed by atoms with E-state index in [1.54, 1.807) is 12.1 Å². The van der Waals surface area contributed by atoms with Crippen LogP contribution in [0.3, 0.4) is 0 Å². The average Bonchev–Trinajstić information content (AvgIpc) is 2.42. The summed E-state index contributed by atoms with van der Waals surface area (Å²) in [6.07, 6.45) is 3.10. The van der Waals surface area contributed by atoms with Gasteiger partial charge in [0, 0.05) is 19.3 Å². The molecule has 0 unspecified atom stereocenters. The number of rotatable bonds is 9. The molecule has 0 aliphatic carbocycles. The van der Waals surface area contributed by atoms with Gasteiger partial charge in [-0.05, 0) is 38.8 Å². The van der Waals surface area contributed by atoms with Gasteiger partial charge in [-0.3, -0.25) is 5.84 Å². The largest absolute Gasteiger partial charge is 0.379 e. The fraction of sp³-hybridized carbons (Fsp3) is 0.583. The monoisotopic (exact) mass is 302 g/mol. The minimum absolute atomic E-state index is 0.0964. The van der Waals surface area contributed by atoms with Crippen LogP contribution in [0.25, 0.3) is 0 Å². The maximum absolute atomic E-state index is 12.1. The highest BCUT2D eigenvalue weighted by Crippen LogP contribution is 2.16. The third kappa shape index (κ3) is 5.41. The molecular weight excluding hydrogens is 280 g/mol. The summed E-state index contributed by atoms with van der Waals surface area (Å²) in [4.78, 5) is 3.84. The average molecular weight is 302 g/mol. The third-order valence-corrected chi connectivity index (χ3v) is 3.91. The number of unbranched alkanes of at least 4 members (excludes halogenated alkanes) is 1. The Morgan fingerprint density at radius 3 is 2.80 bits per heavy atom. The van der Waals surface area contributed by atoms with Crippen LogP contribution in [0, 0.1) is 0 Å². The van der Waals surface area contributed by atoms with E-state index in [0.29, 0.717) is 19.6 Å². The number of hydrogen-bond donors (Lipinski definition) is 3. The molecule has 0 saturated heterocycles. The number of nitrogens with one attached hydrogen (secondary N) is 2. The molecule has 0 aliphatic rings. The first-order chi connectivity index (χ1) is 9.47. The molecular formula is C12H22N4O3S. The van der Waals surface area contributed by atoms with Crippen LogP contribution in [0.5, 0.6) is 0 Å². The zero-order valence-corrected chi connectivity index (χ0v) is 12.6. The lowest BCUT2D eigenvalue weighted by Gasteiger charge is -2.10. The molecule has 1 aromatic heterocycles. The van der Waals surface area contributed by atoms with Crippen molar-refractivity contribution < 1.29 is 13.2 Å². The molecule has 0 bridgehead atoms. The van der Waals surface area contributed by atoms with Gasteiger partial charge in [0.1, 0.15) is 0 Å². The molecule has 0 radical (unpaired) electrons. The first kappa shape index (κ1) is 16.8. The molecule has 0 atom stereocenters. The minimum Gasteiger partial charge on any atom is -0.379 e. The highest BCUT2D eigenvalue weighted by molar-refractivity contribution is 7.89. The predicted molar refractivity (Wildman–Crippen MR) is 77.6 cm³/mol. The zero-order valence-electron chi connectivity index (χ0n) is 11.8. The van der Waals surface area contributed by atoms with Gasteiger partial charge < -0.3 is 10.2 Å². The van der Waals surface area contributed by atoms with E-state index in [1.165, 1.54) is 6.20 Å². The fourth-order valence-electron chi connectivity index (χ4n) is 1.54. The van der Waals surface area contributed by atoms with Crippen molar-refractivity contribution in [1.29, 1.82) is 0 Å². The van der Waals surface area contributed by atoms with Crippen LogP contribution >= 0.6 is 0 Å². The number of nitrogens with zero attached hydrogens (tertiary/aromatic N) is 1. The van der Waals surface area contributed by atoms with Gasteiger partial charge in [-0.1, -0.05) is 0 Å². The quantitative estimate of drug-likeness (QED) is 0.355. The van der Waals surface area contributed by atoms with E-state index in [0.717, 1.165) is 6.42 Å². The maximum Gasteiger partial charge on any atom is 0.260 e. The number of aromatic nitrogens is 1. The summed E-state index contributed by atoms with van der Waals surface area (Å²) in [5.41, 5.74) is 2.59. The van der Waals surface area contributed by atoms with E-state index in [4.69, 9.17) is 10.6 Å². The van der Waals surface area contributed by atoms with Crippen LogP contribution in [0.1, 0.15) is 26.7 Å². The topological polar surface area (TPSA) is 106 Å². The van der Waals surface area contributed by atoms with Crippen LogP contribution in [0.2, 0.25) is 0 Å². The molecule has 114 valence electrons. The van der Waals surface area contributed by atoms with Gasteiger partial charge in [0.05, 0.1) is 11.8 Å². The summed E-state index contributed by atoms with van der Waals surface area (Å²) >= 11 is 0. The SMILES string of the molecule is CC(C)OCCCCNS(=O)(=O)c1ncccc1NN. The van der Waals surface area contributed by atoms with Crippen molar-refractivity contribution in [3.05, 3.63) is 18.3 Å². The summed E-state index contributed by atoms with van der Waals surface area (Å²) in [6, 6.07) is 3.16. The number of hydrogen-bond acceptors (Lipinski definition) is 6. The second-order valence-electron chi connectivity index (χ2n) is 4.52. The summed E-state index contributed by atoms with van der Waals surface area (Å²) in [5.74, 6) is 5.27. The van der Waals surface area contributed by atoms with Gasteiger partial charge in [-0.2, -0.15) is 0 Å². The van der Waals surface area contributed by atoms with E-state index in [2.05, 4.69) is 15.1 Å². The van der Waals surface area contributed by atoms with Crippen molar-refractivity contribution in [2.45, 2.75) is 37.8 Å². The Labute approximate surface area is 119 Å². The van der Waals surface area contributed by atoms with Gasteiger partial charge in [0.2, 0.25) is 0 Å². The van der Waals surface area contributed by atoms with Crippen molar-refractivity contribution in [2.24, 2.45) is 5.84 Å². The maximum atomic E-state index is 12.1. The lowest BCUT2D eigenvalue weighted by molar-refractivity contribution is 0.0762. The van der Waals surface area contributed by atoms with Crippen LogP contribution in [0.15, 0.2) is 23.4 Å². The lowest BCUT2D eigenvalue weighted by Crippen LogP contribution is -2.27. The number of anilines is 1. The molecule has 0 amide bonds. The molecule has 0 saturated carbocycles. The second kappa shape index (κ2) is 8.15. The molecule has 1 aromatic rings. The summed E-state index contributed by atoms with van der Waals surface area (Å²) in [7, 11) is -3.65. The summed E-state index contributed by atoms with van der Waals surface area (Å²) in [6.45, 7) is 4.89. The van der Waals surface area contributed by atoms with Gasteiger partial charge in [0.15, 0.2) is 5.03 Å². The summed E-state index contributed by atoms with van der Waals surface area (Å²) < 4.78 is 32.0. The van der Waals surface area contributed by atoms with E-state index in [1.807, 2.05) is 13.8 Å². The van der Waals surface area contributed by atoms with Crippen molar-refractivity contribution >= 4 is 15.7 Å². The normalized spacial score (nSPS) is 11.8. The van der Waals surface area contributed by atoms with Crippen LogP contribution < -0.4 is 16.0 Å². The first-order valence-electron chi connectivity index (χ1n) is 6.50. The molecule has 20 heavy (non-hydrogen) atoms. The smallest absolute Gasteiger partial charge is 0.260 e. The Morgan fingerprint density at radius 1 is 1.40 bits per heavy atom. The zero-order chi connectivity index (χ0) is 15.0. The fourth-order valence-corrected chi connectivity index (χ4v) is 2.70. The highest BCUT2D eigenvalue weighted by Gasteiger charge is 2.18. The third-order valence-electron chi connectivity index (χ3n) is 2.50. The predicted octanol–water partition coefficient (Wildman–Crippen LogP) is 0.851. The summed E-state index contributed by atoms with van der Waals surface area (Å²) in [5, 5.41) is -0.0964. The van der Waals surface area contributed by atoms with E-state index in [9.17, 15) is 8.42 Å². The minimum atomic E-state index is -3.65. The molecule has 1 rings (SSSR count). The molecule has 0 spiro atoms. The highest BCUT2D eigenvalue weighted by atomic mass is 32.2. The number of nitrogen functional groups attached to an aromatic ring is 1. The molecule has 0 aromatic carbocycles. The Kier molecular flexibility index (Phi) is 6.86. The van der Waals surface area contributed by atoms with Gasteiger partial charge in [0.25, 0.3) is 10.0 Å². The van der Waals surface area contributed by atoms with Gasteiger partial charge >= 0.3 is 0 Å². The van der Waals surface area contributed by atoms with Crippen molar-refractivity contribution in [3.63, 3.8) is 0 Å². The molecule has 0 fully saturated rings. The Bertz CT molecular complexity index is 505. The van der Waals surface area contributed by atoms with Crippen molar-refractivity contribution in [1.82, 2.24) is 9.71 Å². The van der Waals surface area contributed by atoms with E-state index in [-0.39, 0.29) is 16.8 Å². The standard InChI is InChI=1S/C12H22N4O3S/c1-10(2)19-9-4-3-8-15-20(17,18)12-11(16-13)6-5-7-14-12/h5-7,10,15-16H,3-4,8-9,13H2,1-2H3. The Hall–Kier alpha value is -1.22. The van der Waals surface area contributed by atoms with Crippen LogP contribution in [0.4, 0.5) is 5.69 Å². The number of pyridine rings is 1. The lowest BCUT2D eigenvalue weighted by atomic mass is 10.3. The number of nitrogens with two attached hydrogens (primary N) is 1. The molecule has 1 heterocycles. The van der Waals surface area contributed by atoms with Gasteiger partial charge in [-0.25, -0.2) is 18.1 Å². The van der Waals surface area contributed by atoms with E-state index < -0.39 is 10.0 Å². The van der Waals surface area contributed by atoms with Crippen LogP contribution in [-0.2, 0) is 14.8 Å². The van der Waals surface area contributed by atoms with Crippen molar-refractivity contribution in [3.8, 4) is 0 Å². The van der Waals surface area contributed by atoms with Crippen molar-refractivity contribution in [2.75, 3.05) is 18.6 Å². The van der Waals surface area contributed by atoms with Crippen LogP contribution in [-0.4, -0.2) is 32.7 Å². The first-order valence-corrected chi connectivity index (χ1v) is 7.98. The number of sulfonamides is 1. The van der Waals surface area contributed by atoms with E-state index >= 15 is 0 Å².